The summed E-state index contributed by atoms with van der Waals surface area (Å²) in [6, 6.07) is 15.3. The fourth-order valence-corrected chi connectivity index (χ4v) is 4.76. The summed E-state index contributed by atoms with van der Waals surface area (Å²) >= 11 is 0. The summed E-state index contributed by atoms with van der Waals surface area (Å²) in [5, 5.41) is 5.39. The highest BCUT2D eigenvalue weighted by atomic mass is 16.6. The van der Waals surface area contributed by atoms with Crippen LogP contribution >= 0.6 is 0 Å². The fourth-order valence-electron chi connectivity index (χ4n) is 4.76. The van der Waals surface area contributed by atoms with E-state index in [2.05, 4.69) is 10.1 Å². The predicted octanol–water partition coefficient (Wildman–Crippen LogP) is 5.19. The molecule has 6 rings (SSSR count). The van der Waals surface area contributed by atoms with Gasteiger partial charge >= 0.3 is 6.09 Å². The Hall–Kier alpha value is -4.20. The Morgan fingerprint density at radius 2 is 1.89 bits per heavy atom. The van der Waals surface area contributed by atoms with E-state index in [0.29, 0.717) is 29.7 Å². The Labute approximate surface area is 202 Å². The second-order valence-corrected chi connectivity index (χ2v) is 9.22. The first-order chi connectivity index (χ1) is 17.0. The van der Waals surface area contributed by atoms with Crippen molar-refractivity contribution >= 4 is 34.3 Å². The lowest BCUT2D eigenvalue weighted by atomic mass is 10.0. The van der Waals surface area contributed by atoms with Crippen LogP contribution in [-0.4, -0.2) is 39.4 Å². The maximum Gasteiger partial charge on any atom is 0.419 e. The number of nitrogens with zero attached hydrogens (tertiary/aromatic N) is 5. The zero-order valence-electron chi connectivity index (χ0n) is 19.6. The molecule has 4 aromatic rings. The summed E-state index contributed by atoms with van der Waals surface area (Å²) in [5.41, 5.74) is 4.07. The van der Waals surface area contributed by atoms with Crippen molar-refractivity contribution in [3.63, 3.8) is 0 Å². The Bertz CT molecular complexity index is 1460. The van der Waals surface area contributed by atoms with Crippen molar-refractivity contribution in [2.75, 3.05) is 16.3 Å². The van der Waals surface area contributed by atoms with Crippen molar-refractivity contribution < 1.29 is 14.3 Å². The van der Waals surface area contributed by atoms with Gasteiger partial charge in [0.2, 0.25) is 5.91 Å². The molecule has 2 aromatic carbocycles. The molecule has 1 aliphatic heterocycles. The monoisotopic (exact) mass is 467 g/mol. The van der Waals surface area contributed by atoms with Gasteiger partial charge in [-0.25, -0.2) is 4.79 Å². The normalized spacial score (nSPS) is 17.4. The van der Waals surface area contributed by atoms with Crippen LogP contribution in [0.1, 0.15) is 32.7 Å². The smallest absolute Gasteiger partial charge is 0.410 e. The van der Waals surface area contributed by atoms with Crippen LogP contribution in [0.2, 0.25) is 0 Å². The van der Waals surface area contributed by atoms with E-state index in [-0.39, 0.29) is 11.9 Å². The molecule has 2 aromatic heterocycles. The minimum Gasteiger partial charge on any atom is -0.410 e. The quantitative estimate of drug-likeness (QED) is 0.414. The third kappa shape index (κ3) is 3.90. The van der Waals surface area contributed by atoms with Crippen LogP contribution in [0.25, 0.3) is 22.0 Å². The highest BCUT2D eigenvalue weighted by Gasteiger charge is 2.35. The second-order valence-electron chi connectivity index (χ2n) is 9.22. The molecule has 0 saturated heterocycles. The topological polar surface area (TPSA) is 80.6 Å². The van der Waals surface area contributed by atoms with Crippen molar-refractivity contribution in [3.8, 4) is 16.9 Å². The molecule has 1 aliphatic carbocycles. The summed E-state index contributed by atoms with van der Waals surface area (Å²) in [6.07, 6.45) is 7.43. The molecule has 0 N–H and O–H groups in total. The third-order valence-electron chi connectivity index (χ3n) is 6.61. The first-order valence-corrected chi connectivity index (χ1v) is 11.8. The molecule has 2 amide bonds. The summed E-state index contributed by atoms with van der Waals surface area (Å²) in [4.78, 5) is 33.5. The van der Waals surface area contributed by atoms with Gasteiger partial charge in [-0.15, -0.1) is 0 Å². The molecule has 2 aliphatic rings. The number of anilines is 2. The molecule has 1 atom stereocenters. The zero-order valence-corrected chi connectivity index (χ0v) is 19.6. The van der Waals surface area contributed by atoms with Crippen molar-refractivity contribution in [1.29, 1.82) is 0 Å². The standard InChI is InChI=1S/C27H25N5O3/c1-17-15-30(27(34)35-23-8-9-24-20(12-23)4-3-11-28-24)26-13-19(5-10-25(26)32(17)18(2)33)21-14-29-31(16-21)22-6-7-22/h3-5,8-14,16-17,22H,6-7,15H2,1-2H3/t17-/m0/s1. The molecule has 3 heterocycles. The van der Waals surface area contributed by atoms with Gasteiger partial charge in [0.05, 0.1) is 35.2 Å². The predicted molar refractivity (Wildman–Crippen MR) is 134 cm³/mol. The van der Waals surface area contributed by atoms with Gasteiger partial charge in [-0.3, -0.25) is 19.4 Å². The van der Waals surface area contributed by atoms with E-state index in [1.54, 1.807) is 35.1 Å². The number of amides is 2. The maximum absolute atomic E-state index is 13.4. The molecule has 0 radical (unpaired) electrons. The lowest BCUT2D eigenvalue weighted by Gasteiger charge is -2.40. The highest BCUT2D eigenvalue weighted by molar-refractivity contribution is 6.03. The van der Waals surface area contributed by atoms with E-state index in [0.717, 1.165) is 34.9 Å². The number of carbonyl (C=O) groups excluding carboxylic acids is 2. The average Bonchev–Trinajstić information content (AvgIpc) is 3.59. The minimum absolute atomic E-state index is 0.0666. The van der Waals surface area contributed by atoms with Crippen molar-refractivity contribution in [2.24, 2.45) is 0 Å². The van der Waals surface area contributed by atoms with Crippen LogP contribution < -0.4 is 14.5 Å². The van der Waals surface area contributed by atoms with Crippen LogP contribution in [0.3, 0.4) is 0 Å². The van der Waals surface area contributed by atoms with E-state index in [1.807, 2.05) is 60.4 Å². The number of benzene rings is 2. The maximum atomic E-state index is 13.4. The van der Waals surface area contributed by atoms with Crippen LogP contribution in [0.5, 0.6) is 5.75 Å². The van der Waals surface area contributed by atoms with Crippen molar-refractivity contribution in [3.05, 3.63) is 67.1 Å². The number of carbonyl (C=O) groups is 2. The van der Waals surface area contributed by atoms with Crippen LogP contribution in [-0.2, 0) is 4.79 Å². The van der Waals surface area contributed by atoms with E-state index in [1.165, 1.54) is 0 Å². The summed E-state index contributed by atoms with van der Waals surface area (Å²) in [7, 11) is 0. The van der Waals surface area contributed by atoms with Crippen molar-refractivity contribution in [2.45, 2.75) is 38.8 Å². The number of pyridine rings is 1. The van der Waals surface area contributed by atoms with Gasteiger partial charge in [0.15, 0.2) is 0 Å². The Kier molecular flexibility index (Phi) is 5.02. The van der Waals surface area contributed by atoms with Gasteiger partial charge in [0, 0.05) is 36.8 Å². The molecule has 1 fully saturated rings. The average molecular weight is 468 g/mol. The Morgan fingerprint density at radius 3 is 2.69 bits per heavy atom. The van der Waals surface area contributed by atoms with Gasteiger partial charge in [0.25, 0.3) is 0 Å². The number of hydrogen-bond donors (Lipinski definition) is 0. The molecule has 8 nitrogen and oxygen atoms in total. The minimum atomic E-state index is -0.490. The summed E-state index contributed by atoms with van der Waals surface area (Å²) < 4.78 is 7.79. The largest absolute Gasteiger partial charge is 0.419 e. The van der Waals surface area contributed by atoms with Gasteiger partial charge in [0.1, 0.15) is 5.75 Å². The van der Waals surface area contributed by atoms with Gasteiger partial charge in [-0.2, -0.15) is 5.10 Å². The van der Waals surface area contributed by atoms with Crippen LogP contribution in [0, 0.1) is 0 Å². The second kappa shape index (κ2) is 8.23. The molecule has 0 unspecified atom stereocenters. The molecule has 8 heteroatoms. The number of hydrogen-bond acceptors (Lipinski definition) is 5. The lowest BCUT2D eigenvalue weighted by molar-refractivity contribution is -0.117. The number of ether oxygens (including phenoxy) is 1. The first-order valence-electron chi connectivity index (χ1n) is 11.8. The van der Waals surface area contributed by atoms with Crippen LogP contribution in [0.15, 0.2) is 67.1 Å². The van der Waals surface area contributed by atoms with Gasteiger partial charge in [-0.1, -0.05) is 12.1 Å². The van der Waals surface area contributed by atoms with E-state index in [9.17, 15) is 9.59 Å². The van der Waals surface area contributed by atoms with Gasteiger partial charge < -0.3 is 9.64 Å². The SMILES string of the molecule is CC(=O)N1c2ccc(-c3cnn(C4CC4)c3)cc2N(C(=O)Oc2ccc3ncccc3c2)C[C@@H]1C. The Balaban J connectivity index is 1.36. The fraction of sp³-hybridized carbons (Fsp3) is 0.259. The van der Waals surface area contributed by atoms with Crippen molar-refractivity contribution in [1.82, 2.24) is 14.8 Å². The highest BCUT2D eigenvalue weighted by Crippen LogP contribution is 2.40. The Morgan fingerprint density at radius 1 is 1.03 bits per heavy atom. The van der Waals surface area contributed by atoms with E-state index < -0.39 is 6.09 Å². The van der Waals surface area contributed by atoms with E-state index >= 15 is 0 Å². The molecule has 1 saturated carbocycles. The third-order valence-corrected chi connectivity index (χ3v) is 6.61. The van der Waals surface area contributed by atoms with Gasteiger partial charge in [-0.05, 0) is 61.7 Å². The van der Waals surface area contributed by atoms with E-state index in [4.69, 9.17) is 4.74 Å². The molecule has 0 spiro atoms. The molecule has 176 valence electrons. The first kappa shape index (κ1) is 21.3. The summed E-state index contributed by atoms with van der Waals surface area (Å²) in [6.45, 7) is 3.80. The lowest BCUT2D eigenvalue weighted by Crippen LogP contribution is -2.52. The number of fused-ring (bicyclic) bond motifs is 2. The summed E-state index contributed by atoms with van der Waals surface area (Å²) in [5.74, 6) is 0.378. The molecular formula is C27H25N5O3. The molecule has 0 bridgehead atoms. The zero-order chi connectivity index (χ0) is 24.1. The number of aromatic nitrogens is 3. The molecular weight excluding hydrogens is 442 g/mol. The van der Waals surface area contributed by atoms with Crippen LogP contribution in [0.4, 0.5) is 16.2 Å². The molecule has 35 heavy (non-hydrogen) atoms. The number of rotatable bonds is 3.